The first-order valence-corrected chi connectivity index (χ1v) is 5.31. The van der Waals surface area contributed by atoms with E-state index in [9.17, 15) is 4.79 Å². The molecule has 1 aromatic carbocycles. The Morgan fingerprint density at radius 3 is 2.76 bits per heavy atom. The van der Waals surface area contributed by atoms with Crippen LogP contribution in [0.2, 0.25) is 0 Å². The SMILES string of the molecule is Cn1c[n+](Cc2ccccc2)cc1C(=O)NN. The molecule has 17 heavy (non-hydrogen) atoms. The van der Waals surface area contributed by atoms with Crippen molar-refractivity contribution in [1.29, 1.82) is 0 Å². The number of aromatic nitrogens is 2. The molecule has 0 aliphatic carbocycles. The second-order valence-electron chi connectivity index (χ2n) is 3.87. The van der Waals surface area contributed by atoms with Gasteiger partial charge in [-0.2, -0.15) is 0 Å². The van der Waals surface area contributed by atoms with Crippen LogP contribution in [0.1, 0.15) is 16.1 Å². The summed E-state index contributed by atoms with van der Waals surface area (Å²) in [5.41, 5.74) is 3.84. The molecule has 0 atom stereocenters. The van der Waals surface area contributed by atoms with Crippen LogP contribution in [0.5, 0.6) is 0 Å². The van der Waals surface area contributed by atoms with Crippen LogP contribution in [0.4, 0.5) is 0 Å². The molecule has 0 saturated carbocycles. The quantitative estimate of drug-likeness (QED) is 0.337. The van der Waals surface area contributed by atoms with Crippen molar-refractivity contribution >= 4 is 5.91 Å². The highest BCUT2D eigenvalue weighted by Crippen LogP contribution is 1.99. The van der Waals surface area contributed by atoms with E-state index in [1.807, 2.05) is 48.3 Å². The summed E-state index contributed by atoms with van der Waals surface area (Å²) >= 11 is 0. The topological polar surface area (TPSA) is 63.9 Å². The minimum Gasteiger partial charge on any atom is -0.287 e. The first-order chi connectivity index (χ1) is 8.20. The fraction of sp³-hybridized carbons (Fsp3) is 0.167. The van der Waals surface area contributed by atoms with E-state index < -0.39 is 0 Å². The Morgan fingerprint density at radius 2 is 2.12 bits per heavy atom. The van der Waals surface area contributed by atoms with Gasteiger partial charge in [-0.25, -0.2) is 15.0 Å². The molecule has 88 valence electrons. The molecule has 5 heteroatoms. The van der Waals surface area contributed by atoms with Crippen molar-refractivity contribution in [2.75, 3.05) is 0 Å². The Morgan fingerprint density at radius 1 is 1.41 bits per heavy atom. The van der Waals surface area contributed by atoms with E-state index in [-0.39, 0.29) is 5.91 Å². The number of carbonyl (C=O) groups excluding carboxylic acids is 1. The summed E-state index contributed by atoms with van der Waals surface area (Å²) in [5, 5.41) is 0. The zero-order valence-electron chi connectivity index (χ0n) is 9.63. The van der Waals surface area contributed by atoms with E-state index >= 15 is 0 Å². The lowest BCUT2D eigenvalue weighted by molar-refractivity contribution is -0.687. The smallest absolute Gasteiger partial charge is 0.287 e. The summed E-state index contributed by atoms with van der Waals surface area (Å²) < 4.78 is 3.69. The second kappa shape index (κ2) is 4.80. The lowest BCUT2D eigenvalue weighted by Crippen LogP contribution is -2.33. The van der Waals surface area contributed by atoms with Gasteiger partial charge in [-0.05, 0) is 5.56 Å². The van der Waals surface area contributed by atoms with Crippen molar-refractivity contribution in [1.82, 2.24) is 9.99 Å². The third kappa shape index (κ3) is 2.51. The lowest BCUT2D eigenvalue weighted by atomic mass is 10.2. The van der Waals surface area contributed by atoms with E-state index in [0.717, 1.165) is 6.54 Å². The van der Waals surface area contributed by atoms with Crippen LogP contribution in [0.15, 0.2) is 42.9 Å². The first-order valence-electron chi connectivity index (χ1n) is 5.31. The standard InChI is InChI=1S/C12H14N4O/c1-15-9-16(8-11(15)12(17)14-13)7-10-5-3-2-4-6-10/h2-6,8-9H,7,13H2,1H3/p+1. The maximum absolute atomic E-state index is 11.4. The lowest BCUT2D eigenvalue weighted by Gasteiger charge is -1.95. The van der Waals surface area contributed by atoms with Crippen LogP contribution in [0.25, 0.3) is 0 Å². The third-order valence-electron chi connectivity index (χ3n) is 2.56. The van der Waals surface area contributed by atoms with Crippen LogP contribution in [0.3, 0.4) is 0 Å². The average Bonchev–Trinajstić information content (AvgIpc) is 2.70. The number of hydrogen-bond acceptors (Lipinski definition) is 2. The molecular weight excluding hydrogens is 216 g/mol. The van der Waals surface area contributed by atoms with E-state index in [1.54, 1.807) is 10.8 Å². The molecule has 3 N–H and O–H groups in total. The van der Waals surface area contributed by atoms with Gasteiger partial charge in [-0.3, -0.25) is 10.2 Å². The van der Waals surface area contributed by atoms with Crippen molar-refractivity contribution in [3.8, 4) is 0 Å². The Bertz CT molecular complexity index is 519. The molecule has 1 heterocycles. The summed E-state index contributed by atoms with van der Waals surface area (Å²) in [6.07, 6.45) is 3.63. The van der Waals surface area contributed by atoms with Gasteiger partial charge in [0.05, 0.1) is 7.05 Å². The van der Waals surface area contributed by atoms with Crippen LogP contribution < -0.4 is 15.8 Å². The van der Waals surface area contributed by atoms with Crippen molar-refractivity contribution in [3.05, 3.63) is 54.1 Å². The molecule has 2 aromatic rings. The van der Waals surface area contributed by atoms with E-state index in [4.69, 9.17) is 5.84 Å². The van der Waals surface area contributed by atoms with Gasteiger partial charge in [0.2, 0.25) is 12.0 Å². The number of carbonyl (C=O) groups is 1. The van der Waals surface area contributed by atoms with Gasteiger partial charge in [0.25, 0.3) is 0 Å². The Kier molecular flexibility index (Phi) is 3.20. The van der Waals surface area contributed by atoms with Gasteiger partial charge in [-0.15, -0.1) is 0 Å². The summed E-state index contributed by atoms with van der Waals surface area (Å²) in [7, 11) is 1.81. The molecule has 0 radical (unpaired) electrons. The molecule has 0 aliphatic heterocycles. The van der Waals surface area contributed by atoms with Gasteiger partial charge in [0.1, 0.15) is 12.7 Å². The highest BCUT2D eigenvalue weighted by Gasteiger charge is 2.17. The fourth-order valence-electron chi connectivity index (χ4n) is 1.74. The molecule has 0 fully saturated rings. The third-order valence-corrected chi connectivity index (χ3v) is 2.56. The minimum absolute atomic E-state index is 0.292. The van der Waals surface area contributed by atoms with Crippen molar-refractivity contribution in [2.45, 2.75) is 6.54 Å². The first kappa shape index (κ1) is 11.3. The van der Waals surface area contributed by atoms with Crippen molar-refractivity contribution < 1.29 is 9.36 Å². The summed E-state index contributed by atoms with van der Waals surface area (Å²) in [5.74, 6) is 4.82. The number of nitrogens with zero attached hydrogens (tertiary/aromatic N) is 2. The number of imidazole rings is 1. The molecule has 0 bridgehead atoms. The molecule has 1 amide bonds. The number of nitrogens with one attached hydrogen (secondary N) is 1. The molecule has 2 rings (SSSR count). The predicted octanol–water partition coefficient (Wildman–Crippen LogP) is -0.0356. The number of nitrogens with two attached hydrogens (primary N) is 1. The highest BCUT2D eigenvalue weighted by molar-refractivity contribution is 5.91. The van der Waals surface area contributed by atoms with Crippen molar-refractivity contribution in [2.24, 2.45) is 12.9 Å². The molecule has 0 unspecified atom stereocenters. The number of rotatable bonds is 3. The van der Waals surface area contributed by atoms with Crippen molar-refractivity contribution in [3.63, 3.8) is 0 Å². The van der Waals surface area contributed by atoms with Gasteiger partial charge >= 0.3 is 5.91 Å². The number of amides is 1. The van der Waals surface area contributed by atoms with Crippen LogP contribution in [-0.4, -0.2) is 10.5 Å². The van der Waals surface area contributed by atoms with Gasteiger partial charge < -0.3 is 0 Å². The van der Waals surface area contributed by atoms with Crippen LogP contribution in [-0.2, 0) is 13.6 Å². The van der Waals surface area contributed by atoms with Gasteiger partial charge in [0.15, 0.2) is 0 Å². The van der Waals surface area contributed by atoms with E-state index in [0.29, 0.717) is 5.69 Å². The van der Waals surface area contributed by atoms with Gasteiger partial charge in [0, 0.05) is 0 Å². The molecule has 0 saturated heterocycles. The maximum atomic E-state index is 11.4. The summed E-state index contributed by atoms with van der Waals surface area (Å²) in [6.45, 7) is 0.729. The van der Waals surface area contributed by atoms with Gasteiger partial charge in [-0.1, -0.05) is 30.3 Å². The van der Waals surface area contributed by atoms with E-state index in [1.165, 1.54) is 5.56 Å². The largest absolute Gasteiger partial charge is 0.308 e. The monoisotopic (exact) mass is 231 g/mol. The molecule has 0 aliphatic rings. The summed E-state index contributed by atoms with van der Waals surface area (Å²) in [4.78, 5) is 11.4. The maximum Gasteiger partial charge on any atom is 0.308 e. The molecular formula is C12H15N4O+. The highest BCUT2D eigenvalue weighted by atomic mass is 16.2. The Hall–Kier alpha value is -2.14. The molecule has 5 nitrogen and oxygen atoms in total. The van der Waals surface area contributed by atoms with Crippen LogP contribution in [0, 0.1) is 0 Å². The van der Waals surface area contributed by atoms with Crippen LogP contribution >= 0.6 is 0 Å². The number of nitrogen functional groups attached to an aromatic ring is 1. The molecule has 0 spiro atoms. The normalized spacial score (nSPS) is 10.2. The van der Waals surface area contributed by atoms with E-state index in [2.05, 4.69) is 5.43 Å². The predicted molar refractivity (Wildman–Crippen MR) is 62.8 cm³/mol. The Labute approximate surface area is 99.5 Å². The number of hydrogen-bond donors (Lipinski definition) is 2. The minimum atomic E-state index is -0.292. The average molecular weight is 231 g/mol. The Balaban J connectivity index is 2.21. The fourth-order valence-corrected chi connectivity index (χ4v) is 1.74. The second-order valence-corrected chi connectivity index (χ2v) is 3.87. The zero-order chi connectivity index (χ0) is 12.3. The number of aryl methyl sites for hydroxylation is 1. The molecule has 1 aromatic heterocycles. The zero-order valence-corrected chi connectivity index (χ0v) is 9.63. The number of benzene rings is 1. The number of hydrazine groups is 1. The summed E-state index contributed by atoms with van der Waals surface area (Å²) in [6, 6.07) is 10.1.